The Balaban J connectivity index is 1.61. The first kappa shape index (κ1) is 23.8. The summed E-state index contributed by atoms with van der Waals surface area (Å²) in [4.78, 5) is 6.90. The summed E-state index contributed by atoms with van der Waals surface area (Å²) in [7, 11) is 1.64. The van der Waals surface area contributed by atoms with E-state index in [1.165, 1.54) is 11.1 Å². The molecule has 4 aromatic rings. The van der Waals surface area contributed by atoms with Crippen LogP contribution in [-0.2, 0) is 6.54 Å². The summed E-state index contributed by atoms with van der Waals surface area (Å²) in [5, 5.41) is 8.51. The lowest BCUT2D eigenvalue weighted by atomic mass is 9.92. The van der Waals surface area contributed by atoms with Crippen LogP contribution in [0.3, 0.4) is 0 Å². The fraction of sp³-hybridized carbons (Fsp3) is 0.207. The second-order valence-corrected chi connectivity index (χ2v) is 9.34. The molecule has 0 fully saturated rings. The Hall–Kier alpha value is -3.97. The van der Waals surface area contributed by atoms with E-state index in [1.54, 1.807) is 7.11 Å². The van der Waals surface area contributed by atoms with Crippen molar-refractivity contribution in [1.29, 1.82) is 0 Å². The Labute approximate surface area is 216 Å². The average molecular weight is 497 g/mol. The number of hydrogen-bond donors (Lipinski definition) is 1. The molecule has 0 spiro atoms. The summed E-state index contributed by atoms with van der Waals surface area (Å²) >= 11 is 5.85. The second-order valence-electron chi connectivity index (χ2n) is 8.95. The Bertz CT molecular complexity index is 1440. The van der Waals surface area contributed by atoms with Crippen molar-refractivity contribution in [3.8, 4) is 17.1 Å². The van der Waals surface area contributed by atoms with Gasteiger partial charge in [-0.15, -0.1) is 0 Å². The van der Waals surface area contributed by atoms with Gasteiger partial charge >= 0.3 is 0 Å². The number of hydrogen-bond acceptors (Lipinski definition) is 5. The lowest BCUT2D eigenvalue weighted by molar-refractivity contribution is 0.396. The average Bonchev–Trinajstić information content (AvgIpc) is 3.38. The third-order valence-corrected chi connectivity index (χ3v) is 6.97. The number of nitrogens with zero attached hydrogens (tertiary/aromatic N) is 3. The lowest BCUT2D eigenvalue weighted by Gasteiger charge is -2.37. The molecule has 1 aromatic heterocycles. The molecular formula is C29H28N4O2S. The summed E-state index contributed by atoms with van der Waals surface area (Å²) in [6.45, 7) is 6.93. The number of methoxy groups -OCH3 is 1. The normalized spacial score (nSPS) is 15.7. The summed E-state index contributed by atoms with van der Waals surface area (Å²) in [6.07, 6.45) is 0. The van der Waals surface area contributed by atoms with E-state index in [2.05, 4.69) is 66.5 Å². The van der Waals surface area contributed by atoms with Crippen LogP contribution < -0.4 is 10.1 Å². The molecule has 182 valence electrons. The van der Waals surface area contributed by atoms with Gasteiger partial charge in [-0.1, -0.05) is 65.8 Å². The Kier molecular flexibility index (Phi) is 6.57. The van der Waals surface area contributed by atoms with Crippen molar-refractivity contribution in [2.24, 2.45) is 0 Å². The SMILES string of the molecule is COc1cccc(-c2noc(C3=C(C)N(Cc4ccccc4)C(=S)NC3c3ccc(C)c(C)c3)n2)c1. The van der Waals surface area contributed by atoms with Crippen molar-refractivity contribution in [2.75, 3.05) is 7.11 Å². The Morgan fingerprint density at radius 1 is 0.972 bits per heavy atom. The van der Waals surface area contributed by atoms with E-state index in [4.69, 9.17) is 26.5 Å². The number of ether oxygens (including phenoxy) is 1. The van der Waals surface area contributed by atoms with E-state index in [-0.39, 0.29) is 6.04 Å². The molecule has 1 unspecified atom stereocenters. The van der Waals surface area contributed by atoms with Gasteiger partial charge in [-0.05, 0) is 67.4 Å². The molecule has 1 aliphatic rings. The molecular weight excluding hydrogens is 468 g/mol. The number of benzene rings is 3. The second kappa shape index (κ2) is 9.95. The summed E-state index contributed by atoms with van der Waals surface area (Å²) in [5.74, 6) is 1.70. The standard InChI is InChI=1S/C29H28N4O2S/c1-18-13-14-22(15-19(18)2)26-25(20(3)33(29(36)30-26)17-21-9-6-5-7-10-21)28-31-27(32-35-28)23-11-8-12-24(16-23)34-4/h5-16,26H,17H2,1-4H3,(H,30,36). The zero-order valence-electron chi connectivity index (χ0n) is 20.8. The van der Waals surface area contributed by atoms with Crippen molar-refractivity contribution < 1.29 is 9.26 Å². The molecule has 0 saturated carbocycles. The van der Waals surface area contributed by atoms with Crippen molar-refractivity contribution in [2.45, 2.75) is 33.4 Å². The molecule has 1 N–H and O–H groups in total. The van der Waals surface area contributed by atoms with Crippen LogP contribution in [0.4, 0.5) is 0 Å². The molecule has 7 heteroatoms. The van der Waals surface area contributed by atoms with Gasteiger partial charge in [0.1, 0.15) is 5.75 Å². The van der Waals surface area contributed by atoms with E-state index >= 15 is 0 Å². The van der Waals surface area contributed by atoms with Gasteiger partial charge in [0.05, 0.1) is 18.7 Å². The molecule has 5 rings (SSSR count). The maximum absolute atomic E-state index is 5.87. The van der Waals surface area contributed by atoms with E-state index < -0.39 is 0 Å². The van der Waals surface area contributed by atoms with Gasteiger partial charge in [-0.3, -0.25) is 0 Å². The molecule has 0 radical (unpaired) electrons. The van der Waals surface area contributed by atoms with E-state index in [1.807, 2.05) is 42.5 Å². The smallest absolute Gasteiger partial charge is 0.258 e. The zero-order valence-corrected chi connectivity index (χ0v) is 21.6. The van der Waals surface area contributed by atoms with E-state index in [9.17, 15) is 0 Å². The minimum Gasteiger partial charge on any atom is -0.497 e. The van der Waals surface area contributed by atoms with Crippen LogP contribution in [0.5, 0.6) is 5.75 Å². The molecule has 0 bridgehead atoms. The fourth-order valence-corrected chi connectivity index (χ4v) is 4.74. The first-order valence-electron chi connectivity index (χ1n) is 11.8. The number of rotatable bonds is 6. The van der Waals surface area contributed by atoms with Gasteiger partial charge in [0.25, 0.3) is 5.89 Å². The fourth-order valence-electron chi connectivity index (χ4n) is 4.42. The minimum atomic E-state index is -0.220. The van der Waals surface area contributed by atoms with Gasteiger partial charge in [0.15, 0.2) is 5.11 Å². The minimum absolute atomic E-state index is 0.220. The molecule has 1 atom stereocenters. The van der Waals surface area contributed by atoms with Gasteiger partial charge in [0.2, 0.25) is 5.82 Å². The number of thiocarbonyl (C=S) groups is 1. The summed E-state index contributed by atoms with van der Waals surface area (Å²) in [6, 6.07) is 24.1. The number of aromatic nitrogens is 2. The van der Waals surface area contributed by atoms with Crippen molar-refractivity contribution >= 4 is 22.9 Å². The summed E-state index contributed by atoms with van der Waals surface area (Å²) < 4.78 is 11.2. The van der Waals surface area contributed by atoms with Gasteiger partial charge in [0, 0.05) is 17.8 Å². The van der Waals surface area contributed by atoms with Gasteiger partial charge < -0.3 is 19.5 Å². The van der Waals surface area contributed by atoms with E-state index in [0.29, 0.717) is 23.4 Å². The van der Waals surface area contributed by atoms with Crippen LogP contribution in [-0.4, -0.2) is 27.3 Å². The number of aryl methyl sites for hydroxylation is 2. The zero-order chi connectivity index (χ0) is 25.2. The Morgan fingerprint density at radius 2 is 1.78 bits per heavy atom. The monoisotopic (exact) mass is 496 g/mol. The predicted molar refractivity (Wildman–Crippen MR) is 145 cm³/mol. The highest BCUT2D eigenvalue weighted by atomic mass is 32.1. The summed E-state index contributed by atoms with van der Waals surface area (Å²) in [5.41, 5.74) is 7.42. The van der Waals surface area contributed by atoms with Gasteiger partial charge in [-0.25, -0.2) is 0 Å². The molecule has 6 nitrogen and oxygen atoms in total. The molecule has 3 aromatic carbocycles. The van der Waals surface area contributed by atoms with Crippen LogP contribution in [0.2, 0.25) is 0 Å². The third kappa shape index (κ3) is 4.62. The maximum atomic E-state index is 5.87. The van der Waals surface area contributed by atoms with Crippen molar-refractivity contribution in [3.05, 3.63) is 107 Å². The molecule has 2 heterocycles. The first-order chi connectivity index (χ1) is 17.4. The number of allylic oxidation sites excluding steroid dienone is 1. The van der Waals surface area contributed by atoms with Crippen molar-refractivity contribution in [1.82, 2.24) is 20.4 Å². The van der Waals surface area contributed by atoms with Crippen LogP contribution in [0.1, 0.15) is 41.1 Å². The van der Waals surface area contributed by atoms with Crippen LogP contribution in [0.25, 0.3) is 17.0 Å². The van der Waals surface area contributed by atoms with Crippen molar-refractivity contribution in [3.63, 3.8) is 0 Å². The molecule has 0 aliphatic carbocycles. The van der Waals surface area contributed by atoms with Crippen LogP contribution >= 0.6 is 12.2 Å². The predicted octanol–water partition coefficient (Wildman–Crippen LogP) is 6.22. The van der Waals surface area contributed by atoms with Gasteiger partial charge in [-0.2, -0.15) is 4.98 Å². The van der Waals surface area contributed by atoms with Crippen LogP contribution in [0.15, 0.2) is 83.0 Å². The molecule has 0 amide bonds. The highest BCUT2D eigenvalue weighted by Gasteiger charge is 2.34. The lowest BCUT2D eigenvalue weighted by Crippen LogP contribution is -2.45. The highest BCUT2D eigenvalue weighted by Crippen LogP contribution is 2.38. The number of nitrogens with one attached hydrogen (secondary N) is 1. The molecule has 36 heavy (non-hydrogen) atoms. The van der Waals surface area contributed by atoms with Crippen LogP contribution in [0, 0.1) is 13.8 Å². The topological polar surface area (TPSA) is 63.4 Å². The van der Waals surface area contributed by atoms with E-state index in [0.717, 1.165) is 33.7 Å². The Morgan fingerprint density at radius 3 is 2.53 bits per heavy atom. The largest absolute Gasteiger partial charge is 0.497 e. The first-order valence-corrected chi connectivity index (χ1v) is 12.2. The highest BCUT2D eigenvalue weighted by molar-refractivity contribution is 7.80. The molecule has 0 saturated heterocycles. The quantitative estimate of drug-likeness (QED) is 0.318. The maximum Gasteiger partial charge on any atom is 0.258 e. The molecule has 1 aliphatic heterocycles. The third-order valence-electron chi connectivity index (χ3n) is 6.63.